The molecule has 1 fully saturated rings. The van der Waals surface area contributed by atoms with Crippen molar-refractivity contribution < 1.29 is 9.59 Å². The predicted octanol–water partition coefficient (Wildman–Crippen LogP) is 1.24. The number of hydrogen-bond donors (Lipinski definition) is 1. The summed E-state index contributed by atoms with van der Waals surface area (Å²) in [4.78, 5) is 28.1. The Morgan fingerprint density at radius 2 is 1.85 bits per heavy atom. The number of piperazine rings is 1. The van der Waals surface area contributed by atoms with Crippen LogP contribution in [-0.2, 0) is 9.59 Å². The van der Waals surface area contributed by atoms with Gasteiger partial charge in [-0.25, -0.2) is 0 Å². The molecule has 0 bridgehead atoms. The summed E-state index contributed by atoms with van der Waals surface area (Å²) in [7, 11) is 0. The fourth-order valence-electron chi connectivity index (χ4n) is 2.63. The molecule has 2 amide bonds. The van der Waals surface area contributed by atoms with Crippen molar-refractivity contribution in [3.63, 3.8) is 0 Å². The van der Waals surface area contributed by atoms with Gasteiger partial charge in [0.1, 0.15) is 0 Å². The van der Waals surface area contributed by atoms with E-state index < -0.39 is 0 Å². The monoisotopic (exact) mass is 283 g/mol. The summed E-state index contributed by atoms with van der Waals surface area (Å²) < 4.78 is 0. The second-order valence-electron chi connectivity index (χ2n) is 5.52. The van der Waals surface area contributed by atoms with Crippen LogP contribution in [0.4, 0.5) is 0 Å². The van der Waals surface area contributed by atoms with Crippen LogP contribution in [0.25, 0.3) is 0 Å². The van der Waals surface area contributed by atoms with Gasteiger partial charge in [0, 0.05) is 51.6 Å². The van der Waals surface area contributed by atoms with E-state index >= 15 is 0 Å². The predicted molar refractivity (Wildman–Crippen MR) is 80.4 cm³/mol. The Kier molecular flexibility index (Phi) is 7.59. The molecule has 0 radical (unpaired) electrons. The first-order chi connectivity index (χ1) is 9.60. The Morgan fingerprint density at radius 1 is 1.20 bits per heavy atom. The van der Waals surface area contributed by atoms with E-state index in [0.717, 1.165) is 45.6 Å². The molecule has 0 aromatic heterocycles. The van der Waals surface area contributed by atoms with Gasteiger partial charge in [-0.1, -0.05) is 13.8 Å². The molecule has 116 valence electrons. The largest absolute Gasteiger partial charge is 0.343 e. The van der Waals surface area contributed by atoms with Gasteiger partial charge in [0.2, 0.25) is 11.8 Å². The lowest BCUT2D eigenvalue weighted by Crippen LogP contribution is -2.52. The van der Waals surface area contributed by atoms with Crippen LogP contribution in [0.2, 0.25) is 0 Å². The molecule has 20 heavy (non-hydrogen) atoms. The van der Waals surface area contributed by atoms with Crippen LogP contribution in [0.1, 0.15) is 46.5 Å². The molecule has 0 aromatic carbocycles. The second kappa shape index (κ2) is 8.95. The van der Waals surface area contributed by atoms with Crippen LogP contribution in [0.5, 0.6) is 0 Å². The highest BCUT2D eigenvalue weighted by Crippen LogP contribution is 2.08. The molecule has 5 nitrogen and oxygen atoms in total. The minimum Gasteiger partial charge on any atom is -0.343 e. The normalized spacial score (nSPS) is 18.9. The zero-order valence-corrected chi connectivity index (χ0v) is 13.2. The van der Waals surface area contributed by atoms with Crippen molar-refractivity contribution in [2.75, 3.05) is 32.7 Å². The minimum atomic E-state index is 0.111. The maximum atomic E-state index is 12.2. The summed E-state index contributed by atoms with van der Waals surface area (Å²) in [6.07, 6.45) is 2.62. The maximum absolute atomic E-state index is 12.2. The van der Waals surface area contributed by atoms with E-state index in [4.69, 9.17) is 0 Å². The van der Waals surface area contributed by atoms with E-state index in [1.54, 1.807) is 0 Å². The van der Waals surface area contributed by atoms with Gasteiger partial charge in [-0.2, -0.15) is 0 Å². The Balaban J connectivity index is 2.40. The van der Waals surface area contributed by atoms with Crippen molar-refractivity contribution in [3.05, 3.63) is 0 Å². The van der Waals surface area contributed by atoms with Crippen LogP contribution in [0, 0.1) is 0 Å². The van der Waals surface area contributed by atoms with Crippen LogP contribution < -0.4 is 5.32 Å². The number of nitrogens with zero attached hydrogens (tertiary/aromatic N) is 2. The van der Waals surface area contributed by atoms with E-state index in [2.05, 4.69) is 19.2 Å². The molecule has 1 aliphatic rings. The van der Waals surface area contributed by atoms with Crippen molar-refractivity contribution >= 4 is 11.8 Å². The summed E-state index contributed by atoms with van der Waals surface area (Å²) in [5.41, 5.74) is 0. The van der Waals surface area contributed by atoms with Crippen molar-refractivity contribution in [1.29, 1.82) is 0 Å². The van der Waals surface area contributed by atoms with E-state index in [1.165, 1.54) is 0 Å². The number of carbonyl (C=O) groups is 2. The lowest BCUT2D eigenvalue weighted by molar-refractivity contribution is -0.138. The standard InChI is InChI=1S/C15H29N3O2/c1-4-9-17(10-5-2)14(19)6-7-15(20)18-11-8-16-12-13(18)3/h13,16H,4-12H2,1-3H3/t13-/m0/s1. The van der Waals surface area contributed by atoms with E-state index in [1.807, 2.05) is 16.7 Å². The molecule has 1 rings (SSSR count). The quantitative estimate of drug-likeness (QED) is 0.765. The fourth-order valence-corrected chi connectivity index (χ4v) is 2.63. The number of carbonyl (C=O) groups excluding carboxylic acids is 2. The average molecular weight is 283 g/mol. The molecule has 0 unspecified atom stereocenters. The number of amides is 2. The van der Waals surface area contributed by atoms with Gasteiger partial charge in [0.05, 0.1) is 0 Å². The molecule has 1 atom stereocenters. The molecule has 0 saturated carbocycles. The van der Waals surface area contributed by atoms with Crippen LogP contribution >= 0.6 is 0 Å². The van der Waals surface area contributed by atoms with E-state index in [0.29, 0.717) is 12.8 Å². The zero-order chi connectivity index (χ0) is 15.0. The van der Waals surface area contributed by atoms with Crippen molar-refractivity contribution in [1.82, 2.24) is 15.1 Å². The van der Waals surface area contributed by atoms with E-state index in [-0.39, 0.29) is 17.9 Å². The van der Waals surface area contributed by atoms with Gasteiger partial charge in [-0.15, -0.1) is 0 Å². The second-order valence-corrected chi connectivity index (χ2v) is 5.52. The van der Waals surface area contributed by atoms with Gasteiger partial charge in [0.15, 0.2) is 0 Å². The molecule has 1 aliphatic heterocycles. The summed E-state index contributed by atoms with van der Waals surface area (Å²) in [6.45, 7) is 10.2. The third kappa shape index (κ3) is 5.12. The zero-order valence-electron chi connectivity index (χ0n) is 13.2. The topological polar surface area (TPSA) is 52.7 Å². The molecular formula is C15H29N3O2. The SMILES string of the molecule is CCCN(CCC)C(=O)CCC(=O)N1CCNC[C@@H]1C. The molecule has 0 spiro atoms. The number of rotatable bonds is 7. The van der Waals surface area contributed by atoms with Gasteiger partial charge in [-0.05, 0) is 19.8 Å². The third-order valence-electron chi connectivity index (χ3n) is 3.71. The first-order valence-electron chi connectivity index (χ1n) is 7.88. The van der Waals surface area contributed by atoms with Gasteiger partial charge in [0.25, 0.3) is 0 Å². The molecule has 1 heterocycles. The summed E-state index contributed by atoms with van der Waals surface area (Å²) in [5, 5.41) is 3.27. The van der Waals surface area contributed by atoms with Crippen LogP contribution in [0.3, 0.4) is 0 Å². The highest BCUT2D eigenvalue weighted by molar-refractivity contribution is 5.84. The summed E-state index contributed by atoms with van der Waals surface area (Å²) >= 11 is 0. The Labute approximate surface area is 122 Å². The average Bonchev–Trinajstić information content (AvgIpc) is 2.44. The van der Waals surface area contributed by atoms with Crippen molar-refractivity contribution in [2.24, 2.45) is 0 Å². The fraction of sp³-hybridized carbons (Fsp3) is 0.867. The highest BCUT2D eigenvalue weighted by atomic mass is 16.2. The highest BCUT2D eigenvalue weighted by Gasteiger charge is 2.23. The van der Waals surface area contributed by atoms with Crippen LogP contribution in [-0.4, -0.2) is 60.4 Å². The number of nitrogens with one attached hydrogen (secondary N) is 1. The Morgan fingerprint density at radius 3 is 2.40 bits per heavy atom. The molecule has 0 aliphatic carbocycles. The lowest BCUT2D eigenvalue weighted by atomic mass is 10.1. The van der Waals surface area contributed by atoms with Gasteiger partial charge >= 0.3 is 0 Å². The first kappa shape index (κ1) is 17.0. The van der Waals surface area contributed by atoms with Crippen molar-refractivity contribution in [3.8, 4) is 0 Å². The molecule has 0 aromatic rings. The smallest absolute Gasteiger partial charge is 0.223 e. The molecular weight excluding hydrogens is 254 g/mol. The first-order valence-corrected chi connectivity index (χ1v) is 7.88. The minimum absolute atomic E-state index is 0.111. The number of hydrogen-bond acceptors (Lipinski definition) is 3. The van der Waals surface area contributed by atoms with Gasteiger partial charge in [-0.3, -0.25) is 9.59 Å². The Hall–Kier alpha value is -1.10. The maximum Gasteiger partial charge on any atom is 0.223 e. The van der Waals surface area contributed by atoms with Crippen molar-refractivity contribution in [2.45, 2.75) is 52.5 Å². The molecule has 1 saturated heterocycles. The van der Waals surface area contributed by atoms with Crippen LogP contribution in [0.15, 0.2) is 0 Å². The summed E-state index contributed by atoms with van der Waals surface area (Å²) in [5.74, 6) is 0.227. The lowest BCUT2D eigenvalue weighted by Gasteiger charge is -2.34. The van der Waals surface area contributed by atoms with Gasteiger partial charge < -0.3 is 15.1 Å². The Bertz CT molecular complexity index is 314. The summed E-state index contributed by atoms with van der Waals surface area (Å²) in [6, 6.07) is 0.230. The third-order valence-corrected chi connectivity index (χ3v) is 3.71. The molecule has 5 heteroatoms. The van der Waals surface area contributed by atoms with E-state index in [9.17, 15) is 9.59 Å². The molecule has 1 N–H and O–H groups in total.